The molecule has 0 aliphatic heterocycles. The largest absolute Gasteiger partial charge is 0.309 e. The van der Waals surface area contributed by atoms with Crippen molar-refractivity contribution in [2.24, 2.45) is 5.41 Å². The number of nitrogens with zero attached hydrogens (tertiary/aromatic N) is 1. The summed E-state index contributed by atoms with van der Waals surface area (Å²) < 4.78 is 0. The highest BCUT2D eigenvalue weighted by atomic mass is 16.6. The summed E-state index contributed by atoms with van der Waals surface area (Å²) in [6.45, 7) is 5.38. The van der Waals surface area contributed by atoms with Gasteiger partial charge in [0.25, 0.3) is 5.69 Å². The molecule has 0 aromatic heterocycles. The number of hydrogen-bond donors (Lipinski definition) is 1. The van der Waals surface area contributed by atoms with E-state index in [-0.39, 0.29) is 10.6 Å². The van der Waals surface area contributed by atoms with Gasteiger partial charge in [0.2, 0.25) is 0 Å². The van der Waals surface area contributed by atoms with Crippen molar-refractivity contribution in [3.63, 3.8) is 0 Å². The Hall–Kier alpha value is -1.42. The Morgan fingerprint density at radius 1 is 1.39 bits per heavy atom. The normalized spacial score (nSPS) is 22.0. The predicted octanol–water partition coefficient (Wildman–Crippen LogP) is 3.26. The van der Waals surface area contributed by atoms with Crippen LogP contribution in [-0.2, 0) is 6.54 Å². The van der Waals surface area contributed by atoms with Crippen molar-refractivity contribution in [1.29, 1.82) is 0 Å². The highest BCUT2D eigenvalue weighted by Crippen LogP contribution is 2.37. The zero-order valence-corrected chi connectivity index (χ0v) is 11.0. The predicted molar refractivity (Wildman–Crippen MR) is 71.4 cm³/mol. The van der Waals surface area contributed by atoms with Crippen LogP contribution in [0.2, 0.25) is 0 Å². The minimum absolute atomic E-state index is 0.153. The average molecular weight is 248 g/mol. The van der Waals surface area contributed by atoms with Gasteiger partial charge in [0.1, 0.15) is 0 Å². The van der Waals surface area contributed by atoms with Crippen molar-refractivity contribution in [1.82, 2.24) is 5.32 Å². The Balaban J connectivity index is 1.92. The Bertz CT molecular complexity index is 426. The van der Waals surface area contributed by atoms with Gasteiger partial charge in [-0.05, 0) is 23.8 Å². The maximum absolute atomic E-state index is 10.6. The Labute approximate surface area is 108 Å². The van der Waals surface area contributed by atoms with E-state index in [4.69, 9.17) is 0 Å². The second-order valence-electron chi connectivity index (χ2n) is 5.74. The van der Waals surface area contributed by atoms with Gasteiger partial charge in [0.15, 0.2) is 0 Å². The molecule has 0 amide bonds. The Kier molecular flexibility index (Phi) is 3.66. The molecule has 1 atom stereocenters. The van der Waals surface area contributed by atoms with Crippen LogP contribution < -0.4 is 5.32 Å². The van der Waals surface area contributed by atoms with Crippen LogP contribution in [0.3, 0.4) is 0 Å². The summed E-state index contributed by atoms with van der Waals surface area (Å²) in [4.78, 5) is 10.2. The van der Waals surface area contributed by atoms with E-state index in [2.05, 4.69) is 19.2 Å². The van der Waals surface area contributed by atoms with E-state index < -0.39 is 0 Å². The molecular weight excluding hydrogens is 228 g/mol. The molecule has 1 fully saturated rings. The van der Waals surface area contributed by atoms with E-state index in [0.717, 1.165) is 12.1 Å². The first-order chi connectivity index (χ1) is 8.49. The summed E-state index contributed by atoms with van der Waals surface area (Å²) in [6, 6.07) is 7.33. The van der Waals surface area contributed by atoms with Gasteiger partial charge >= 0.3 is 0 Å². The molecule has 4 nitrogen and oxygen atoms in total. The van der Waals surface area contributed by atoms with Gasteiger partial charge in [-0.15, -0.1) is 0 Å². The molecule has 98 valence electrons. The molecule has 18 heavy (non-hydrogen) atoms. The molecule has 0 spiro atoms. The van der Waals surface area contributed by atoms with Crippen molar-refractivity contribution >= 4 is 5.69 Å². The van der Waals surface area contributed by atoms with E-state index in [1.807, 2.05) is 12.1 Å². The summed E-state index contributed by atoms with van der Waals surface area (Å²) in [7, 11) is 0. The number of nitrogens with one attached hydrogen (secondary N) is 1. The Morgan fingerprint density at radius 2 is 2.06 bits per heavy atom. The molecule has 1 N–H and O–H groups in total. The van der Waals surface area contributed by atoms with Crippen LogP contribution in [0.25, 0.3) is 0 Å². The van der Waals surface area contributed by atoms with Gasteiger partial charge < -0.3 is 5.32 Å². The fraction of sp³-hybridized carbons (Fsp3) is 0.571. The van der Waals surface area contributed by atoms with Crippen LogP contribution in [-0.4, -0.2) is 11.0 Å². The van der Waals surface area contributed by atoms with Gasteiger partial charge in [0, 0.05) is 24.7 Å². The van der Waals surface area contributed by atoms with E-state index >= 15 is 0 Å². The molecular formula is C14H20N2O2. The monoisotopic (exact) mass is 248 g/mol. The maximum atomic E-state index is 10.6. The zero-order valence-electron chi connectivity index (χ0n) is 11.0. The smallest absolute Gasteiger partial charge is 0.269 e. The van der Waals surface area contributed by atoms with E-state index in [1.54, 1.807) is 12.1 Å². The number of rotatable bonds is 4. The average Bonchev–Trinajstić information content (AvgIpc) is 2.66. The SMILES string of the molecule is CC1(C)CCCC1NCc1ccc([N+](=O)[O-])cc1. The molecule has 0 bridgehead atoms. The molecule has 0 radical (unpaired) electrons. The van der Waals surface area contributed by atoms with Crippen molar-refractivity contribution in [3.8, 4) is 0 Å². The molecule has 2 rings (SSSR count). The van der Waals surface area contributed by atoms with Gasteiger partial charge in [-0.1, -0.05) is 32.4 Å². The summed E-state index contributed by atoms with van der Waals surface area (Å²) in [5, 5.41) is 14.1. The topological polar surface area (TPSA) is 55.2 Å². The molecule has 1 saturated carbocycles. The second kappa shape index (κ2) is 5.06. The minimum atomic E-state index is -0.364. The van der Waals surface area contributed by atoms with Gasteiger partial charge in [-0.2, -0.15) is 0 Å². The Morgan fingerprint density at radius 3 is 2.56 bits per heavy atom. The first-order valence-corrected chi connectivity index (χ1v) is 6.46. The van der Waals surface area contributed by atoms with Crippen molar-refractivity contribution < 1.29 is 4.92 Å². The molecule has 4 heteroatoms. The minimum Gasteiger partial charge on any atom is -0.309 e. The molecule has 1 aromatic rings. The van der Waals surface area contributed by atoms with Crippen LogP contribution in [0, 0.1) is 15.5 Å². The third-order valence-corrected chi connectivity index (χ3v) is 3.96. The summed E-state index contributed by atoms with van der Waals surface area (Å²) in [5.41, 5.74) is 1.61. The van der Waals surface area contributed by atoms with Crippen LogP contribution >= 0.6 is 0 Å². The molecule has 0 saturated heterocycles. The van der Waals surface area contributed by atoms with E-state index in [0.29, 0.717) is 11.5 Å². The lowest BCUT2D eigenvalue weighted by Crippen LogP contribution is -2.37. The quantitative estimate of drug-likeness (QED) is 0.657. The van der Waals surface area contributed by atoms with Gasteiger partial charge in [0.05, 0.1) is 4.92 Å². The lowest BCUT2D eigenvalue weighted by molar-refractivity contribution is -0.384. The number of benzene rings is 1. The summed E-state index contributed by atoms with van der Waals surface area (Å²) in [5.74, 6) is 0. The van der Waals surface area contributed by atoms with Crippen molar-refractivity contribution in [2.45, 2.75) is 45.7 Å². The second-order valence-corrected chi connectivity index (χ2v) is 5.74. The highest BCUT2D eigenvalue weighted by molar-refractivity contribution is 5.32. The number of non-ortho nitro benzene ring substituents is 1. The van der Waals surface area contributed by atoms with Crippen LogP contribution in [0.5, 0.6) is 0 Å². The molecule has 1 unspecified atom stereocenters. The molecule has 1 aliphatic rings. The van der Waals surface area contributed by atoms with Crippen LogP contribution in [0.4, 0.5) is 5.69 Å². The number of nitro benzene ring substituents is 1. The molecule has 0 heterocycles. The lowest BCUT2D eigenvalue weighted by Gasteiger charge is -2.28. The van der Waals surface area contributed by atoms with Gasteiger partial charge in [-0.3, -0.25) is 10.1 Å². The molecule has 1 aromatic carbocycles. The number of nitro groups is 1. The number of hydrogen-bond acceptors (Lipinski definition) is 3. The first kappa shape index (κ1) is 13.0. The van der Waals surface area contributed by atoms with Crippen LogP contribution in [0.1, 0.15) is 38.7 Å². The van der Waals surface area contributed by atoms with Crippen molar-refractivity contribution in [2.75, 3.05) is 0 Å². The fourth-order valence-electron chi connectivity index (χ4n) is 2.68. The van der Waals surface area contributed by atoms with Crippen LogP contribution in [0.15, 0.2) is 24.3 Å². The van der Waals surface area contributed by atoms with E-state index in [1.165, 1.54) is 19.3 Å². The first-order valence-electron chi connectivity index (χ1n) is 6.46. The zero-order chi connectivity index (χ0) is 13.2. The lowest BCUT2D eigenvalue weighted by atomic mass is 9.87. The maximum Gasteiger partial charge on any atom is 0.269 e. The fourth-order valence-corrected chi connectivity index (χ4v) is 2.68. The third kappa shape index (κ3) is 2.88. The third-order valence-electron chi connectivity index (χ3n) is 3.96. The standard InChI is InChI=1S/C14H20N2O2/c1-14(2)9-3-4-13(14)15-10-11-5-7-12(8-6-11)16(17)18/h5-8,13,15H,3-4,9-10H2,1-2H3. The van der Waals surface area contributed by atoms with Gasteiger partial charge in [-0.25, -0.2) is 0 Å². The van der Waals surface area contributed by atoms with E-state index in [9.17, 15) is 10.1 Å². The molecule has 1 aliphatic carbocycles. The summed E-state index contributed by atoms with van der Waals surface area (Å²) >= 11 is 0. The highest BCUT2D eigenvalue weighted by Gasteiger charge is 2.33. The summed E-state index contributed by atoms with van der Waals surface area (Å²) in [6.07, 6.45) is 3.77. The van der Waals surface area contributed by atoms with Crippen molar-refractivity contribution in [3.05, 3.63) is 39.9 Å².